The number of rotatable bonds is 4. The van der Waals surface area contributed by atoms with Crippen LogP contribution in [0.4, 0.5) is 0 Å². The Hall–Kier alpha value is -1.23. The highest BCUT2D eigenvalue weighted by atomic mass is 35.5. The molecule has 0 amide bonds. The molecule has 0 aliphatic carbocycles. The van der Waals surface area contributed by atoms with E-state index in [0.717, 1.165) is 16.5 Å². The Bertz CT molecular complexity index is 514. The zero-order valence-electron chi connectivity index (χ0n) is 9.63. The summed E-state index contributed by atoms with van der Waals surface area (Å²) in [5.41, 5.74) is 7.48. The maximum atomic E-state index is 10.9. The number of hydrogen-bond donors (Lipinski definition) is 3. The number of fused-ring (bicyclic) bond motifs is 1. The second kappa shape index (κ2) is 7.26. The molecule has 1 atom stereocenters. The molecule has 0 saturated carbocycles. The summed E-state index contributed by atoms with van der Waals surface area (Å²) < 4.78 is 0. The average Bonchev–Trinajstić information content (AvgIpc) is 2.69. The van der Waals surface area contributed by atoms with Crippen LogP contribution in [-0.4, -0.2) is 22.6 Å². The van der Waals surface area contributed by atoms with Gasteiger partial charge in [0.15, 0.2) is 0 Å². The number of nitrogens with one attached hydrogen (secondary N) is 1. The van der Waals surface area contributed by atoms with E-state index in [-0.39, 0.29) is 31.4 Å². The standard InChI is InChI=1S/C12H14N2O2.2ClH/c13-6-8(12(15)16)5-9-7-14-11-4-2-1-3-10(9)11;;/h1-4,7-8,14H,5-6,13H2,(H,15,16);2*1H. The fourth-order valence-corrected chi connectivity index (χ4v) is 1.84. The van der Waals surface area contributed by atoms with Crippen molar-refractivity contribution in [3.05, 3.63) is 36.0 Å². The van der Waals surface area contributed by atoms with Gasteiger partial charge in [0.05, 0.1) is 5.92 Å². The van der Waals surface area contributed by atoms with E-state index < -0.39 is 11.9 Å². The van der Waals surface area contributed by atoms with E-state index in [2.05, 4.69) is 4.98 Å². The summed E-state index contributed by atoms with van der Waals surface area (Å²) in [4.78, 5) is 14.0. The van der Waals surface area contributed by atoms with Gasteiger partial charge in [0.1, 0.15) is 0 Å². The average molecular weight is 291 g/mol. The largest absolute Gasteiger partial charge is 0.481 e. The summed E-state index contributed by atoms with van der Waals surface area (Å²) in [5.74, 6) is -1.35. The van der Waals surface area contributed by atoms with Gasteiger partial charge >= 0.3 is 5.97 Å². The molecule has 18 heavy (non-hydrogen) atoms. The monoisotopic (exact) mass is 290 g/mol. The lowest BCUT2D eigenvalue weighted by molar-refractivity contribution is -0.141. The summed E-state index contributed by atoms with van der Waals surface area (Å²) in [6, 6.07) is 7.84. The molecular weight excluding hydrogens is 275 g/mol. The Kier molecular flexibility index (Phi) is 6.76. The molecule has 1 heterocycles. The van der Waals surface area contributed by atoms with Crippen molar-refractivity contribution in [3.8, 4) is 0 Å². The van der Waals surface area contributed by atoms with Crippen LogP contribution in [0.5, 0.6) is 0 Å². The van der Waals surface area contributed by atoms with Gasteiger partial charge in [-0.25, -0.2) is 0 Å². The van der Waals surface area contributed by atoms with Crippen molar-refractivity contribution in [1.82, 2.24) is 4.98 Å². The van der Waals surface area contributed by atoms with Crippen molar-refractivity contribution in [2.75, 3.05) is 6.54 Å². The molecule has 0 saturated heterocycles. The lowest BCUT2D eigenvalue weighted by Crippen LogP contribution is -2.25. The van der Waals surface area contributed by atoms with Crippen LogP contribution in [-0.2, 0) is 11.2 Å². The van der Waals surface area contributed by atoms with Crippen LogP contribution >= 0.6 is 24.8 Å². The number of aromatic amines is 1. The Labute approximate surface area is 117 Å². The van der Waals surface area contributed by atoms with Gasteiger partial charge in [0.25, 0.3) is 0 Å². The number of hydrogen-bond acceptors (Lipinski definition) is 2. The third kappa shape index (κ3) is 3.38. The normalized spacial score (nSPS) is 11.4. The van der Waals surface area contributed by atoms with Crippen molar-refractivity contribution in [2.24, 2.45) is 11.7 Å². The van der Waals surface area contributed by atoms with E-state index in [1.165, 1.54) is 0 Å². The van der Waals surface area contributed by atoms with Gasteiger partial charge in [-0.3, -0.25) is 4.79 Å². The number of carboxylic acids is 1. The second-order valence-electron chi connectivity index (χ2n) is 3.83. The van der Waals surface area contributed by atoms with Gasteiger partial charge in [-0.1, -0.05) is 18.2 Å². The van der Waals surface area contributed by atoms with Crippen LogP contribution in [0.1, 0.15) is 5.56 Å². The molecular formula is C12H16Cl2N2O2. The molecule has 1 unspecified atom stereocenters. The molecule has 4 nitrogen and oxygen atoms in total. The zero-order valence-corrected chi connectivity index (χ0v) is 11.3. The predicted octanol–water partition coefficient (Wildman–Crippen LogP) is 2.21. The SMILES string of the molecule is Cl.Cl.NCC(Cc1c[nH]c2ccccc12)C(=O)O. The van der Waals surface area contributed by atoms with E-state index in [0.29, 0.717) is 6.42 Å². The van der Waals surface area contributed by atoms with Crippen molar-refractivity contribution in [3.63, 3.8) is 0 Å². The van der Waals surface area contributed by atoms with Gasteiger partial charge in [-0.15, -0.1) is 24.8 Å². The molecule has 0 radical (unpaired) electrons. The van der Waals surface area contributed by atoms with Crippen molar-refractivity contribution >= 4 is 41.7 Å². The van der Waals surface area contributed by atoms with E-state index >= 15 is 0 Å². The number of aliphatic carboxylic acids is 1. The summed E-state index contributed by atoms with van der Waals surface area (Å²) in [6.45, 7) is 0.162. The number of carbonyl (C=O) groups is 1. The molecule has 0 aliphatic rings. The molecule has 0 aliphatic heterocycles. The molecule has 2 aromatic rings. The third-order valence-corrected chi connectivity index (χ3v) is 2.77. The first-order valence-corrected chi connectivity index (χ1v) is 5.20. The van der Waals surface area contributed by atoms with Crippen molar-refractivity contribution < 1.29 is 9.90 Å². The predicted molar refractivity (Wildman–Crippen MR) is 76.7 cm³/mol. The Morgan fingerprint density at radius 1 is 1.33 bits per heavy atom. The van der Waals surface area contributed by atoms with Crippen LogP contribution in [0.2, 0.25) is 0 Å². The van der Waals surface area contributed by atoms with Gasteiger partial charge in [0, 0.05) is 23.6 Å². The lowest BCUT2D eigenvalue weighted by Gasteiger charge is -2.08. The van der Waals surface area contributed by atoms with E-state index in [4.69, 9.17) is 10.8 Å². The third-order valence-electron chi connectivity index (χ3n) is 2.77. The summed E-state index contributed by atoms with van der Waals surface area (Å²) in [5, 5.41) is 10.0. The number of halogens is 2. The highest BCUT2D eigenvalue weighted by Crippen LogP contribution is 2.20. The summed E-state index contributed by atoms with van der Waals surface area (Å²) >= 11 is 0. The van der Waals surface area contributed by atoms with E-state index in [9.17, 15) is 4.79 Å². The molecule has 100 valence electrons. The maximum Gasteiger partial charge on any atom is 0.308 e. The van der Waals surface area contributed by atoms with Crippen LogP contribution in [0.25, 0.3) is 10.9 Å². The molecule has 1 aromatic heterocycles. The smallest absolute Gasteiger partial charge is 0.308 e. The maximum absolute atomic E-state index is 10.9. The second-order valence-corrected chi connectivity index (χ2v) is 3.83. The minimum absolute atomic E-state index is 0. The molecule has 0 bridgehead atoms. The van der Waals surface area contributed by atoms with Crippen LogP contribution in [0, 0.1) is 5.92 Å². The number of aromatic nitrogens is 1. The van der Waals surface area contributed by atoms with E-state index in [1.54, 1.807) is 0 Å². The number of benzene rings is 1. The Morgan fingerprint density at radius 2 is 2.00 bits per heavy atom. The number of carboxylic acid groups (broad SMARTS) is 1. The van der Waals surface area contributed by atoms with Gasteiger partial charge < -0.3 is 15.8 Å². The highest BCUT2D eigenvalue weighted by Gasteiger charge is 2.17. The summed E-state index contributed by atoms with van der Waals surface area (Å²) in [7, 11) is 0. The topological polar surface area (TPSA) is 79.1 Å². The Balaban J connectivity index is 0.00000144. The minimum atomic E-state index is -0.840. The molecule has 2 rings (SSSR count). The van der Waals surface area contributed by atoms with Crippen molar-refractivity contribution in [1.29, 1.82) is 0 Å². The highest BCUT2D eigenvalue weighted by molar-refractivity contribution is 5.85. The fourth-order valence-electron chi connectivity index (χ4n) is 1.84. The fraction of sp³-hybridized carbons (Fsp3) is 0.250. The number of nitrogens with two attached hydrogens (primary N) is 1. The van der Waals surface area contributed by atoms with Gasteiger partial charge in [0.2, 0.25) is 0 Å². The van der Waals surface area contributed by atoms with Crippen LogP contribution in [0.3, 0.4) is 0 Å². The van der Waals surface area contributed by atoms with Crippen molar-refractivity contribution in [2.45, 2.75) is 6.42 Å². The first kappa shape index (κ1) is 16.8. The Morgan fingerprint density at radius 3 is 2.61 bits per heavy atom. The molecule has 0 fully saturated rings. The first-order chi connectivity index (χ1) is 7.72. The van der Waals surface area contributed by atoms with Crippen LogP contribution in [0.15, 0.2) is 30.5 Å². The quantitative estimate of drug-likeness (QED) is 0.808. The lowest BCUT2D eigenvalue weighted by atomic mass is 9.99. The summed E-state index contributed by atoms with van der Waals surface area (Å²) in [6.07, 6.45) is 2.33. The molecule has 4 N–H and O–H groups in total. The van der Waals surface area contributed by atoms with Gasteiger partial charge in [-0.05, 0) is 18.1 Å². The molecule has 6 heteroatoms. The molecule has 0 spiro atoms. The number of H-pyrrole nitrogens is 1. The van der Waals surface area contributed by atoms with Crippen LogP contribution < -0.4 is 5.73 Å². The minimum Gasteiger partial charge on any atom is -0.481 e. The first-order valence-electron chi connectivity index (χ1n) is 5.20. The van der Waals surface area contributed by atoms with Gasteiger partial charge in [-0.2, -0.15) is 0 Å². The molecule has 1 aromatic carbocycles. The number of para-hydroxylation sites is 1. The van der Waals surface area contributed by atoms with E-state index in [1.807, 2.05) is 30.5 Å². The zero-order chi connectivity index (χ0) is 11.5.